The summed E-state index contributed by atoms with van der Waals surface area (Å²) in [4.78, 5) is 15.2. The van der Waals surface area contributed by atoms with Crippen LogP contribution in [0.15, 0.2) is 18.3 Å². The zero-order valence-electron chi connectivity index (χ0n) is 8.80. The number of hydrogen-bond donors (Lipinski definition) is 2. The van der Waals surface area contributed by atoms with Gasteiger partial charge in [-0.1, -0.05) is 6.92 Å². The molecule has 16 heavy (non-hydrogen) atoms. The molecule has 0 bridgehead atoms. The second kappa shape index (κ2) is 4.93. The quantitative estimate of drug-likeness (QED) is 0.782. The summed E-state index contributed by atoms with van der Waals surface area (Å²) in [6, 6.07) is 2.85. The molecule has 1 heterocycles. The van der Waals surface area contributed by atoms with Gasteiger partial charge >= 0.3 is 0 Å². The number of nitrogens with zero attached hydrogens (tertiary/aromatic N) is 1. The smallest absolute Gasteiger partial charge is 0.283 e. The molecule has 1 amide bonds. The van der Waals surface area contributed by atoms with E-state index in [2.05, 4.69) is 4.98 Å². The van der Waals surface area contributed by atoms with Gasteiger partial charge in [0.2, 0.25) is 10.0 Å². The summed E-state index contributed by atoms with van der Waals surface area (Å²) in [5.41, 5.74) is 5.82. The van der Waals surface area contributed by atoms with E-state index in [1.165, 1.54) is 18.3 Å². The third-order valence-electron chi connectivity index (χ3n) is 1.74. The molecule has 0 fully saturated rings. The van der Waals surface area contributed by atoms with Crippen molar-refractivity contribution in [1.82, 2.24) is 9.71 Å². The number of nitrogens with two attached hydrogens (primary N) is 1. The van der Waals surface area contributed by atoms with E-state index in [-0.39, 0.29) is 11.4 Å². The molecule has 3 N–H and O–H groups in total. The minimum Gasteiger partial charge on any atom is -0.397 e. The monoisotopic (exact) mass is 243 g/mol. The van der Waals surface area contributed by atoms with E-state index >= 15 is 0 Å². The fourth-order valence-electron chi connectivity index (χ4n) is 1.05. The van der Waals surface area contributed by atoms with Crippen molar-refractivity contribution in [3.8, 4) is 0 Å². The molecule has 88 valence electrons. The maximum atomic E-state index is 11.5. The number of anilines is 1. The standard InChI is InChI=1S/C9H13N3O3S/c1-2-5-16(14,15)12-9(13)8-4-3-7(10)6-11-8/h3-4,6H,2,5,10H2,1H3,(H,12,13). The van der Waals surface area contributed by atoms with Crippen molar-refractivity contribution in [2.24, 2.45) is 0 Å². The molecular weight excluding hydrogens is 230 g/mol. The van der Waals surface area contributed by atoms with Crippen LogP contribution in [0.3, 0.4) is 0 Å². The molecule has 1 aromatic heterocycles. The Morgan fingerprint density at radius 1 is 1.50 bits per heavy atom. The lowest BCUT2D eigenvalue weighted by atomic mass is 10.3. The summed E-state index contributed by atoms with van der Waals surface area (Å²) in [7, 11) is -3.56. The summed E-state index contributed by atoms with van der Waals surface area (Å²) in [6.07, 6.45) is 1.74. The van der Waals surface area contributed by atoms with Crippen LogP contribution < -0.4 is 10.5 Å². The van der Waals surface area contributed by atoms with Gasteiger partial charge in [0.1, 0.15) is 5.69 Å². The molecule has 0 saturated carbocycles. The predicted molar refractivity (Wildman–Crippen MR) is 60.2 cm³/mol. The van der Waals surface area contributed by atoms with Crippen molar-refractivity contribution in [2.45, 2.75) is 13.3 Å². The van der Waals surface area contributed by atoms with Gasteiger partial charge in [0.25, 0.3) is 5.91 Å². The number of sulfonamides is 1. The van der Waals surface area contributed by atoms with E-state index in [9.17, 15) is 13.2 Å². The van der Waals surface area contributed by atoms with Gasteiger partial charge in [-0.3, -0.25) is 4.79 Å². The molecule has 0 atom stereocenters. The number of nitrogen functional groups attached to an aromatic ring is 1. The van der Waals surface area contributed by atoms with E-state index in [0.717, 1.165) is 0 Å². The number of aromatic nitrogens is 1. The third kappa shape index (κ3) is 3.50. The van der Waals surface area contributed by atoms with Crippen LogP contribution in [-0.4, -0.2) is 25.1 Å². The molecule has 1 rings (SSSR count). The third-order valence-corrected chi connectivity index (χ3v) is 3.18. The Kier molecular flexibility index (Phi) is 3.83. The minimum atomic E-state index is -3.56. The Balaban J connectivity index is 2.77. The van der Waals surface area contributed by atoms with Crippen LogP contribution in [0.5, 0.6) is 0 Å². The molecular formula is C9H13N3O3S. The SMILES string of the molecule is CCCS(=O)(=O)NC(=O)c1ccc(N)cn1. The lowest BCUT2D eigenvalue weighted by Gasteiger charge is -2.04. The van der Waals surface area contributed by atoms with Crippen molar-refractivity contribution in [1.29, 1.82) is 0 Å². The molecule has 0 radical (unpaired) electrons. The van der Waals surface area contributed by atoms with Crippen LogP contribution >= 0.6 is 0 Å². The largest absolute Gasteiger partial charge is 0.397 e. The van der Waals surface area contributed by atoms with Gasteiger partial charge in [0.05, 0.1) is 17.6 Å². The lowest BCUT2D eigenvalue weighted by Crippen LogP contribution is -2.32. The second-order valence-corrected chi connectivity index (χ2v) is 5.07. The van der Waals surface area contributed by atoms with Gasteiger partial charge in [-0.2, -0.15) is 0 Å². The van der Waals surface area contributed by atoms with Gasteiger partial charge in [0.15, 0.2) is 0 Å². The van der Waals surface area contributed by atoms with Crippen molar-refractivity contribution in [3.05, 3.63) is 24.0 Å². The average molecular weight is 243 g/mol. The number of pyridine rings is 1. The van der Waals surface area contributed by atoms with Crippen LogP contribution in [0.25, 0.3) is 0 Å². The van der Waals surface area contributed by atoms with Gasteiger partial charge in [-0.25, -0.2) is 18.1 Å². The van der Waals surface area contributed by atoms with Crippen LogP contribution in [0.1, 0.15) is 23.8 Å². The number of rotatable bonds is 4. The summed E-state index contributed by atoms with van der Waals surface area (Å²) >= 11 is 0. The van der Waals surface area contributed by atoms with E-state index in [4.69, 9.17) is 5.73 Å². The summed E-state index contributed by atoms with van der Waals surface area (Å²) < 4.78 is 24.5. The Morgan fingerprint density at radius 2 is 2.19 bits per heavy atom. The number of nitrogens with one attached hydrogen (secondary N) is 1. The van der Waals surface area contributed by atoms with E-state index in [1.54, 1.807) is 6.92 Å². The van der Waals surface area contributed by atoms with Crippen LogP contribution in [0.2, 0.25) is 0 Å². The molecule has 0 aliphatic rings. The first-order chi connectivity index (χ1) is 7.44. The fraction of sp³-hybridized carbons (Fsp3) is 0.333. The molecule has 1 aromatic rings. The van der Waals surface area contributed by atoms with Crippen molar-refractivity contribution < 1.29 is 13.2 Å². The Hall–Kier alpha value is -1.63. The first-order valence-corrected chi connectivity index (χ1v) is 6.36. The molecule has 0 unspecified atom stereocenters. The molecule has 7 heteroatoms. The summed E-state index contributed by atoms with van der Waals surface area (Å²) in [6.45, 7) is 1.71. The van der Waals surface area contributed by atoms with Gasteiger partial charge < -0.3 is 5.73 Å². The molecule has 0 aliphatic heterocycles. The lowest BCUT2D eigenvalue weighted by molar-refractivity contribution is 0.0976. The normalized spacial score (nSPS) is 11.1. The van der Waals surface area contributed by atoms with Crippen molar-refractivity contribution in [3.63, 3.8) is 0 Å². The zero-order valence-corrected chi connectivity index (χ0v) is 9.62. The maximum Gasteiger partial charge on any atom is 0.283 e. The highest BCUT2D eigenvalue weighted by atomic mass is 32.2. The van der Waals surface area contributed by atoms with Crippen LogP contribution in [0, 0.1) is 0 Å². The Labute approximate surface area is 93.9 Å². The number of hydrogen-bond acceptors (Lipinski definition) is 5. The van der Waals surface area contributed by atoms with Gasteiger partial charge in [-0.05, 0) is 18.6 Å². The highest BCUT2D eigenvalue weighted by Gasteiger charge is 2.15. The number of amides is 1. The summed E-state index contributed by atoms with van der Waals surface area (Å²) in [5.74, 6) is -0.832. The topological polar surface area (TPSA) is 102 Å². The van der Waals surface area contributed by atoms with E-state index in [0.29, 0.717) is 12.1 Å². The highest BCUT2D eigenvalue weighted by Crippen LogP contribution is 2.01. The maximum absolute atomic E-state index is 11.5. The Morgan fingerprint density at radius 3 is 2.69 bits per heavy atom. The van der Waals surface area contributed by atoms with Crippen LogP contribution in [-0.2, 0) is 10.0 Å². The van der Waals surface area contributed by atoms with E-state index in [1.807, 2.05) is 4.72 Å². The highest BCUT2D eigenvalue weighted by molar-refractivity contribution is 7.90. The fourth-order valence-corrected chi connectivity index (χ4v) is 2.08. The molecule has 0 aromatic carbocycles. The molecule has 0 spiro atoms. The zero-order chi connectivity index (χ0) is 12.2. The number of carbonyl (C=O) groups is 1. The first-order valence-electron chi connectivity index (χ1n) is 4.71. The van der Waals surface area contributed by atoms with Gasteiger partial charge in [0, 0.05) is 0 Å². The second-order valence-electron chi connectivity index (χ2n) is 3.23. The van der Waals surface area contributed by atoms with E-state index < -0.39 is 15.9 Å². The van der Waals surface area contributed by atoms with Crippen LogP contribution in [0.4, 0.5) is 5.69 Å². The average Bonchev–Trinajstić information content (AvgIpc) is 2.17. The Bertz CT molecular complexity index is 467. The first kappa shape index (κ1) is 12.4. The molecule has 0 aliphatic carbocycles. The minimum absolute atomic E-state index is 0.0221. The molecule has 6 nitrogen and oxygen atoms in total. The van der Waals surface area contributed by atoms with Crippen molar-refractivity contribution >= 4 is 21.6 Å². The molecule has 0 saturated heterocycles. The van der Waals surface area contributed by atoms with Gasteiger partial charge in [-0.15, -0.1) is 0 Å². The predicted octanol–water partition coefficient (Wildman–Crippen LogP) is 0.133. The summed E-state index contributed by atoms with van der Waals surface area (Å²) in [5, 5.41) is 0. The number of carbonyl (C=O) groups excluding carboxylic acids is 1. The van der Waals surface area contributed by atoms with Crippen molar-refractivity contribution in [2.75, 3.05) is 11.5 Å².